The van der Waals surface area contributed by atoms with Gasteiger partial charge < -0.3 is 10.3 Å². The van der Waals surface area contributed by atoms with Crippen LogP contribution >= 0.6 is 11.6 Å². The second-order valence-corrected chi connectivity index (χ2v) is 7.38. The zero-order valence-electron chi connectivity index (χ0n) is 14.2. The minimum absolute atomic E-state index is 0.279. The topological polar surface area (TPSA) is 27.8 Å². The Hall–Kier alpha value is -2.71. The summed E-state index contributed by atoms with van der Waals surface area (Å²) >= 11 is 6.32. The zero-order valence-corrected chi connectivity index (χ0v) is 15.0. The first kappa shape index (κ1) is 15.5. The Labute approximate surface area is 157 Å². The molecule has 0 unspecified atom stereocenters. The molecular formula is C23H19ClN2. The van der Waals surface area contributed by atoms with Gasteiger partial charge in [-0.15, -0.1) is 0 Å². The second kappa shape index (κ2) is 6.22. The first-order valence-electron chi connectivity index (χ1n) is 8.96. The molecule has 0 radical (unpaired) electrons. The van der Waals surface area contributed by atoms with Crippen LogP contribution in [-0.2, 0) is 0 Å². The van der Waals surface area contributed by atoms with E-state index in [2.05, 4.69) is 83.1 Å². The summed E-state index contributed by atoms with van der Waals surface area (Å²) in [5, 5.41) is 5.73. The first-order valence-corrected chi connectivity index (χ1v) is 9.34. The van der Waals surface area contributed by atoms with Gasteiger partial charge in [-0.2, -0.15) is 0 Å². The predicted molar refractivity (Wildman–Crippen MR) is 109 cm³/mol. The van der Waals surface area contributed by atoms with Crippen molar-refractivity contribution in [1.82, 2.24) is 4.98 Å². The molecule has 4 aromatic rings. The lowest BCUT2D eigenvalue weighted by molar-refractivity contribution is 0.596. The van der Waals surface area contributed by atoms with Gasteiger partial charge in [-0.05, 0) is 53.3 Å². The molecule has 0 fully saturated rings. The quantitative estimate of drug-likeness (QED) is 0.420. The Kier molecular flexibility index (Phi) is 3.72. The largest absolute Gasteiger partial charge is 0.378 e. The van der Waals surface area contributed by atoms with Crippen LogP contribution in [0.15, 0.2) is 78.9 Å². The molecule has 0 saturated heterocycles. The number of aromatic nitrogens is 1. The van der Waals surface area contributed by atoms with E-state index in [0.29, 0.717) is 0 Å². The normalized spacial score (nSPS) is 19.1. The maximum Gasteiger partial charge on any atom is 0.0523 e. The van der Waals surface area contributed by atoms with E-state index in [4.69, 9.17) is 11.6 Å². The van der Waals surface area contributed by atoms with E-state index in [1.165, 1.54) is 27.7 Å². The molecule has 0 spiro atoms. The molecule has 1 aliphatic rings. The van der Waals surface area contributed by atoms with Gasteiger partial charge in [0.25, 0.3) is 0 Å². The minimum atomic E-state index is 0.279. The third-order valence-corrected chi connectivity index (χ3v) is 5.55. The number of nitrogens with one attached hydrogen (secondary N) is 2. The summed E-state index contributed by atoms with van der Waals surface area (Å²) in [6.07, 6.45) is 0.990. The molecule has 3 heteroatoms. The lowest BCUT2D eigenvalue weighted by atomic mass is 9.82. The number of para-hydroxylation sites is 1. The lowest BCUT2D eigenvalue weighted by Gasteiger charge is -2.33. The summed E-state index contributed by atoms with van der Waals surface area (Å²) in [5.74, 6) is 0.280. The first-order chi connectivity index (χ1) is 12.8. The number of aromatic amines is 1. The third-order valence-electron chi connectivity index (χ3n) is 5.32. The molecule has 3 aromatic carbocycles. The Morgan fingerprint density at radius 1 is 0.846 bits per heavy atom. The maximum absolute atomic E-state index is 6.32. The average Bonchev–Trinajstić information content (AvgIpc) is 3.12. The highest BCUT2D eigenvalue weighted by molar-refractivity contribution is 6.30. The summed E-state index contributed by atoms with van der Waals surface area (Å²) in [7, 11) is 0. The van der Waals surface area contributed by atoms with Crippen LogP contribution in [0.3, 0.4) is 0 Å². The molecule has 0 saturated carbocycles. The van der Waals surface area contributed by atoms with Crippen molar-refractivity contribution in [2.45, 2.75) is 18.4 Å². The fourth-order valence-corrected chi connectivity index (χ4v) is 4.23. The van der Waals surface area contributed by atoms with Gasteiger partial charge in [-0.3, -0.25) is 0 Å². The molecule has 0 bridgehead atoms. The van der Waals surface area contributed by atoms with Gasteiger partial charge in [-0.1, -0.05) is 60.1 Å². The number of anilines is 1. The van der Waals surface area contributed by atoms with Crippen LogP contribution < -0.4 is 5.32 Å². The Balaban J connectivity index is 1.63. The monoisotopic (exact) mass is 358 g/mol. The molecule has 2 atom stereocenters. The van der Waals surface area contributed by atoms with Gasteiger partial charge >= 0.3 is 0 Å². The number of H-pyrrole nitrogens is 1. The number of hydrogen-bond acceptors (Lipinski definition) is 1. The highest BCUT2D eigenvalue weighted by Gasteiger charge is 2.29. The molecule has 2 heterocycles. The summed E-state index contributed by atoms with van der Waals surface area (Å²) in [6, 6.07) is 27.8. The molecule has 0 aliphatic carbocycles. The van der Waals surface area contributed by atoms with E-state index in [-0.39, 0.29) is 12.0 Å². The highest BCUT2D eigenvalue weighted by Crippen LogP contribution is 2.44. The van der Waals surface area contributed by atoms with Crippen molar-refractivity contribution in [2.24, 2.45) is 0 Å². The van der Waals surface area contributed by atoms with Crippen LogP contribution in [0.5, 0.6) is 0 Å². The van der Waals surface area contributed by atoms with Crippen LogP contribution in [0.25, 0.3) is 10.9 Å². The van der Waals surface area contributed by atoms with E-state index < -0.39 is 0 Å². The van der Waals surface area contributed by atoms with Crippen LogP contribution in [0, 0.1) is 0 Å². The van der Waals surface area contributed by atoms with Crippen molar-refractivity contribution >= 4 is 28.2 Å². The number of fused-ring (bicyclic) bond motifs is 2. The van der Waals surface area contributed by atoms with E-state index in [1.54, 1.807) is 0 Å². The van der Waals surface area contributed by atoms with Gasteiger partial charge in [0.1, 0.15) is 0 Å². The molecule has 0 amide bonds. The number of halogens is 1. The summed E-state index contributed by atoms with van der Waals surface area (Å²) < 4.78 is 0. The Morgan fingerprint density at radius 3 is 2.50 bits per heavy atom. The number of rotatable bonds is 2. The van der Waals surface area contributed by atoms with Crippen molar-refractivity contribution in [3.63, 3.8) is 0 Å². The van der Waals surface area contributed by atoms with Gasteiger partial charge in [-0.25, -0.2) is 0 Å². The maximum atomic E-state index is 6.32. The van der Waals surface area contributed by atoms with Crippen LogP contribution in [-0.4, -0.2) is 4.98 Å². The van der Waals surface area contributed by atoms with Crippen molar-refractivity contribution in [1.29, 1.82) is 0 Å². The Morgan fingerprint density at radius 2 is 1.65 bits per heavy atom. The lowest BCUT2D eigenvalue weighted by Crippen LogP contribution is -2.22. The van der Waals surface area contributed by atoms with E-state index in [9.17, 15) is 0 Å². The SMILES string of the molecule is Clc1ccc2c(c1)[C@H](c1cc3ccccc3[nH]1)C[C@H](c1ccccc1)N2. The van der Waals surface area contributed by atoms with Crippen LogP contribution in [0.4, 0.5) is 5.69 Å². The molecular weight excluding hydrogens is 340 g/mol. The van der Waals surface area contributed by atoms with Gasteiger partial charge in [0.05, 0.1) is 6.04 Å². The fraction of sp³-hybridized carbons (Fsp3) is 0.130. The van der Waals surface area contributed by atoms with Gasteiger partial charge in [0, 0.05) is 27.8 Å². The van der Waals surface area contributed by atoms with Crippen molar-refractivity contribution in [3.05, 3.63) is 101 Å². The molecule has 2 nitrogen and oxygen atoms in total. The number of benzene rings is 3. The van der Waals surface area contributed by atoms with E-state index in [0.717, 1.165) is 17.1 Å². The summed E-state index contributed by atoms with van der Waals surface area (Å²) in [6.45, 7) is 0. The molecule has 1 aliphatic heterocycles. The molecule has 2 N–H and O–H groups in total. The minimum Gasteiger partial charge on any atom is -0.378 e. The summed E-state index contributed by atoms with van der Waals surface area (Å²) in [4.78, 5) is 3.63. The van der Waals surface area contributed by atoms with Gasteiger partial charge in [0.2, 0.25) is 0 Å². The highest BCUT2D eigenvalue weighted by atomic mass is 35.5. The second-order valence-electron chi connectivity index (χ2n) is 6.94. The standard InChI is InChI=1S/C23H19ClN2/c24-17-10-11-21-18(13-17)19(14-22(26-21)15-6-2-1-3-7-15)23-12-16-8-4-5-9-20(16)25-23/h1-13,19,22,25-26H,14H2/t19-,22-/m1/s1. The fourth-order valence-electron chi connectivity index (χ4n) is 4.05. The number of hydrogen-bond donors (Lipinski definition) is 2. The van der Waals surface area contributed by atoms with Crippen molar-refractivity contribution in [2.75, 3.05) is 5.32 Å². The van der Waals surface area contributed by atoms with Gasteiger partial charge in [0.15, 0.2) is 0 Å². The van der Waals surface area contributed by atoms with Crippen LogP contribution in [0.1, 0.15) is 35.2 Å². The predicted octanol–water partition coefficient (Wildman–Crippen LogP) is 6.51. The van der Waals surface area contributed by atoms with Crippen LogP contribution in [0.2, 0.25) is 5.02 Å². The Bertz CT molecular complexity index is 1030. The molecule has 26 heavy (non-hydrogen) atoms. The average molecular weight is 359 g/mol. The smallest absolute Gasteiger partial charge is 0.0523 e. The molecule has 5 rings (SSSR count). The molecule has 1 aromatic heterocycles. The summed E-state index contributed by atoms with van der Waals surface area (Å²) in [5.41, 5.74) is 6.17. The van der Waals surface area contributed by atoms with E-state index >= 15 is 0 Å². The van der Waals surface area contributed by atoms with Crippen molar-refractivity contribution in [3.8, 4) is 0 Å². The van der Waals surface area contributed by atoms with Crippen molar-refractivity contribution < 1.29 is 0 Å². The molecule has 128 valence electrons. The zero-order chi connectivity index (χ0) is 17.5. The van der Waals surface area contributed by atoms with E-state index in [1.807, 2.05) is 6.07 Å². The third kappa shape index (κ3) is 2.67.